The summed E-state index contributed by atoms with van der Waals surface area (Å²) in [5.74, 6) is -1.10. The largest absolute Gasteiger partial charge is 0.492 e. The Labute approximate surface area is 178 Å². The minimum Gasteiger partial charge on any atom is -0.492 e. The monoisotopic (exact) mass is 438 g/mol. The highest BCUT2D eigenvalue weighted by atomic mass is 35.5. The van der Waals surface area contributed by atoms with Crippen molar-refractivity contribution in [3.05, 3.63) is 52.5 Å². The zero-order valence-corrected chi connectivity index (χ0v) is 17.2. The quantitative estimate of drug-likeness (QED) is 0.569. The van der Waals surface area contributed by atoms with Crippen LogP contribution >= 0.6 is 23.2 Å². The predicted molar refractivity (Wildman–Crippen MR) is 112 cm³/mol. The second kappa shape index (κ2) is 11.3. The second-order valence-corrected chi connectivity index (χ2v) is 6.57. The zero-order chi connectivity index (χ0) is 21.2. The van der Waals surface area contributed by atoms with Gasteiger partial charge < -0.3 is 20.1 Å². The maximum absolute atomic E-state index is 12.0. The van der Waals surface area contributed by atoms with Crippen LogP contribution in [0.25, 0.3) is 0 Å². The average molecular weight is 439 g/mol. The van der Waals surface area contributed by atoms with Crippen LogP contribution in [0.3, 0.4) is 0 Å². The average Bonchev–Trinajstić information content (AvgIpc) is 2.70. The molecular weight excluding hydrogens is 419 g/mol. The Morgan fingerprint density at radius 1 is 0.897 bits per heavy atom. The molecule has 0 unspecified atom stereocenters. The van der Waals surface area contributed by atoms with E-state index in [2.05, 4.69) is 10.6 Å². The van der Waals surface area contributed by atoms with Crippen LogP contribution in [0, 0.1) is 0 Å². The molecular formula is C20H20Cl2N2O5. The van der Waals surface area contributed by atoms with Crippen molar-refractivity contribution in [3.63, 3.8) is 0 Å². The van der Waals surface area contributed by atoms with Gasteiger partial charge in [-0.05, 0) is 31.2 Å². The zero-order valence-electron chi connectivity index (χ0n) is 15.7. The van der Waals surface area contributed by atoms with Crippen molar-refractivity contribution in [2.45, 2.75) is 19.8 Å². The molecule has 2 amide bonds. The van der Waals surface area contributed by atoms with Crippen molar-refractivity contribution in [1.29, 1.82) is 0 Å². The number of carbonyl (C=O) groups is 3. The van der Waals surface area contributed by atoms with Gasteiger partial charge in [-0.2, -0.15) is 0 Å². The number of ether oxygens (including phenoxy) is 2. The van der Waals surface area contributed by atoms with Gasteiger partial charge in [0.25, 0.3) is 5.91 Å². The summed E-state index contributed by atoms with van der Waals surface area (Å²) in [6, 6.07) is 11.7. The van der Waals surface area contributed by atoms with Gasteiger partial charge in [-0.25, -0.2) is 0 Å². The minimum atomic E-state index is -0.675. The number of amides is 2. The summed E-state index contributed by atoms with van der Waals surface area (Å²) in [6.45, 7) is 1.81. The lowest BCUT2D eigenvalue weighted by atomic mass is 10.2. The first-order chi connectivity index (χ1) is 13.9. The van der Waals surface area contributed by atoms with Gasteiger partial charge in [-0.15, -0.1) is 0 Å². The van der Waals surface area contributed by atoms with Gasteiger partial charge in [0.05, 0.1) is 34.4 Å². The number of hydrogen-bond donors (Lipinski definition) is 2. The summed E-state index contributed by atoms with van der Waals surface area (Å²) in [7, 11) is 0. The third kappa shape index (κ3) is 7.29. The van der Waals surface area contributed by atoms with Crippen molar-refractivity contribution in [2.75, 3.05) is 23.8 Å². The van der Waals surface area contributed by atoms with Crippen LogP contribution in [0.2, 0.25) is 10.0 Å². The van der Waals surface area contributed by atoms with Gasteiger partial charge >= 0.3 is 5.97 Å². The molecule has 0 saturated heterocycles. The van der Waals surface area contributed by atoms with Gasteiger partial charge in [0.1, 0.15) is 5.75 Å². The van der Waals surface area contributed by atoms with E-state index in [-0.39, 0.29) is 17.9 Å². The summed E-state index contributed by atoms with van der Waals surface area (Å²) in [5.41, 5.74) is 0.832. The molecule has 0 aliphatic rings. The fraction of sp³-hybridized carbons (Fsp3) is 0.250. The molecule has 0 fully saturated rings. The van der Waals surface area contributed by atoms with Gasteiger partial charge in [-0.1, -0.05) is 41.4 Å². The predicted octanol–water partition coefficient (Wildman–Crippen LogP) is 4.29. The topological polar surface area (TPSA) is 93.7 Å². The first kappa shape index (κ1) is 22.5. The SMILES string of the molecule is CCOc1ccccc1NC(=O)COC(=O)CCC(=O)Nc1cccc(Cl)c1Cl. The van der Waals surface area contributed by atoms with E-state index in [1.807, 2.05) is 6.92 Å². The minimum absolute atomic E-state index is 0.129. The molecule has 29 heavy (non-hydrogen) atoms. The van der Waals surface area contributed by atoms with Crippen LogP contribution in [0.5, 0.6) is 5.75 Å². The number of rotatable bonds is 9. The molecule has 0 aromatic heterocycles. The molecule has 2 N–H and O–H groups in total. The first-order valence-corrected chi connectivity index (χ1v) is 9.57. The molecule has 0 atom stereocenters. The number of benzene rings is 2. The number of halogens is 2. The van der Waals surface area contributed by atoms with E-state index in [9.17, 15) is 14.4 Å². The molecule has 2 aromatic carbocycles. The standard InChI is InChI=1S/C20H20Cl2N2O5/c1-2-28-16-9-4-3-7-14(16)23-18(26)12-29-19(27)11-10-17(25)24-15-8-5-6-13(21)20(15)22/h3-9H,2,10-12H2,1H3,(H,23,26)(H,24,25). The Kier molecular flexibility index (Phi) is 8.76. The molecule has 0 spiro atoms. The molecule has 0 aliphatic carbocycles. The van der Waals surface area contributed by atoms with E-state index in [1.165, 1.54) is 0 Å². The smallest absolute Gasteiger partial charge is 0.306 e. The van der Waals surface area contributed by atoms with Gasteiger partial charge in [0.15, 0.2) is 6.61 Å². The van der Waals surface area contributed by atoms with Crippen LogP contribution in [0.4, 0.5) is 11.4 Å². The van der Waals surface area contributed by atoms with Crippen LogP contribution in [-0.2, 0) is 19.1 Å². The highest BCUT2D eigenvalue weighted by Gasteiger charge is 2.13. The van der Waals surface area contributed by atoms with Crippen LogP contribution in [0.15, 0.2) is 42.5 Å². The fourth-order valence-corrected chi connectivity index (χ4v) is 2.63. The fourth-order valence-electron chi connectivity index (χ4n) is 2.28. The molecule has 0 heterocycles. The molecule has 154 valence electrons. The van der Waals surface area contributed by atoms with E-state index in [0.717, 1.165) is 0 Å². The van der Waals surface area contributed by atoms with Crippen LogP contribution < -0.4 is 15.4 Å². The van der Waals surface area contributed by atoms with Gasteiger partial charge in [0, 0.05) is 6.42 Å². The number of esters is 1. The first-order valence-electron chi connectivity index (χ1n) is 8.82. The Hall–Kier alpha value is -2.77. The van der Waals surface area contributed by atoms with E-state index in [1.54, 1.807) is 42.5 Å². The van der Waals surface area contributed by atoms with Crippen molar-refractivity contribution in [3.8, 4) is 5.75 Å². The van der Waals surface area contributed by atoms with E-state index in [4.69, 9.17) is 32.7 Å². The molecule has 0 aliphatic heterocycles. The summed E-state index contributed by atoms with van der Waals surface area (Å²) in [6.07, 6.45) is -0.316. The number of anilines is 2. The van der Waals surface area contributed by atoms with Crippen molar-refractivity contribution < 1.29 is 23.9 Å². The number of hydrogen-bond acceptors (Lipinski definition) is 5. The number of carbonyl (C=O) groups excluding carboxylic acids is 3. The van der Waals surface area contributed by atoms with Crippen molar-refractivity contribution in [2.24, 2.45) is 0 Å². The number of para-hydroxylation sites is 2. The van der Waals surface area contributed by atoms with E-state index >= 15 is 0 Å². The summed E-state index contributed by atoms with van der Waals surface area (Å²) < 4.78 is 10.3. The second-order valence-electron chi connectivity index (χ2n) is 5.79. The third-order valence-electron chi connectivity index (χ3n) is 3.61. The van der Waals surface area contributed by atoms with Crippen molar-refractivity contribution >= 4 is 52.4 Å². The molecule has 2 rings (SSSR count). The molecule has 9 heteroatoms. The van der Waals surface area contributed by atoms with E-state index in [0.29, 0.717) is 28.8 Å². The molecule has 0 bridgehead atoms. The number of nitrogens with one attached hydrogen (secondary N) is 2. The third-order valence-corrected chi connectivity index (χ3v) is 4.43. The maximum atomic E-state index is 12.0. The van der Waals surface area contributed by atoms with Gasteiger partial charge in [0.2, 0.25) is 5.91 Å². The lowest BCUT2D eigenvalue weighted by molar-refractivity contribution is -0.147. The summed E-state index contributed by atoms with van der Waals surface area (Å²) >= 11 is 11.9. The highest BCUT2D eigenvalue weighted by molar-refractivity contribution is 6.44. The highest BCUT2D eigenvalue weighted by Crippen LogP contribution is 2.29. The molecule has 2 aromatic rings. The summed E-state index contributed by atoms with van der Waals surface area (Å²) in [4.78, 5) is 35.7. The van der Waals surface area contributed by atoms with Gasteiger partial charge in [-0.3, -0.25) is 14.4 Å². The van der Waals surface area contributed by atoms with E-state index < -0.39 is 24.4 Å². The molecule has 7 nitrogen and oxygen atoms in total. The lowest BCUT2D eigenvalue weighted by Crippen LogP contribution is -2.22. The molecule has 0 radical (unpaired) electrons. The summed E-state index contributed by atoms with van der Waals surface area (Å²) in [5, 5.41) is 5.70. The Morgan fingerprint density at radius 3 is 2.34 bits per heavy atom. The molecule has 0 saturated carbocycles. The Bertz CT molecular complexity index is 889. The Balaban J connectivity index is 1.74. The van der Waals surface area contributed by atoms with Crippen LogP contribution in [-0.4, -0.2) is 31.0 Å². The normalized spacial score (nSPS) is 10.2. The maximum Gasteiger partial charge on any atom is 0.306 e. The van der Waals surface area contributed by atoms with Crippen LogP contribution in [0.1, 0.15) is 19.8 Å². The lowest BCUT2D eigenvalue weighted by Gasteiger charge is -2.11. The Morgan fingerprint density at radius 2 is 1.59 bits per heavy atom. The van der Waals surface area contributed by atoms with Crippen molar-refractivity contribution in [1.82, 2.24) is 0 Å².